The molecule has 2 heterocycles. The lowest BCUT2D eigenvalue weighted by atomic mass is 10.1. The second-order valence-electron chi connectivity index (χ2n) is 5.16. The number of carboxylic acid groups (broad SMARTS) is 1. The van der Waals surface area contributed by atoms with Gasteiger partial charge in [-0.3, -0.25) is 4.79 Å². The quantitative estimate of drug-likeness (QED) is 0.791. The molecule has 2 aromatic rings. The van der Waals surface area contributed by atoms with Crippen molar-refractivity contribution >= 4 is 22.6 Å². The molecule has 0 radical (unpaired) electrons. The normalized spacial score (nSPS) is 15.7. The molecule has 0 atom stereocenters. The first-order valence-corrected chi connectivity index (χ1v) is 7.02. The third-order valence-electron chi connectivity index (χ3n) is 3.76. The summed E-state index contributed by atoms with van der Waals surface area (Å²) in [5.74, 6) is -0.758. The van der Waals surface area contributed by atoms with E-state index >= 15 is 0 Å². The van der Waals surface area contributed by atoms with Crippen molar-refractivity contribution in [3.63, 3.8) is 0 Å². The maximum atomic E-state index is 10.7. The highest BCUT2D eigenvalue weighted by Crippen LogP contribution is 2.28. The van der Waals surface area contributed by atoms with Crippen LogP contribution < -0.4 is 10.2 Å². The molecule has 5 heteroatoms. The molecule has 0 saturated carbocycles. The van der Waals surface area contributed by atoms with Gasteiger partial charge in [0.05, 0.1) is 6.42 Å². The van der Waals surface area contributed by atoms with Gasteiger partial charge in [-0.05, 0) is 24.6 Å². The van der Waals surface area contributed by atoms with Crippen molar-refractivity contribution in [2.24, 2.45) is 0 Å². The Morgan fingerprint density at radius 3 is 2.85 bits per heavy atom. The SMILES string of the molecule is O=C(O)CCc1cc2c(N3CCNCC3)cccc2[nH]1. The summed E-state index contributed by atoms with van der Waals surface area (Å²) in [6, 6.07) is 8.33. The standard InChI is InChI=1S/C15H19N3O2/c19-15(20)5-4-11-10-12-13(17-11)2-1-3-14(12)18-8-6-16-7-9-18/h1-3,10,16-17H,4-9H2,(H,19,20). The van der Waals surface area contributed by atoms with Gasteiger partial charge >= 0.3 is 5.97 Å². The van der Waals surface area contributed by atoms with Crippen LogP contribution in [0, 0.1) is 0 Å². The molecule has 3 N–H and O–H groups in total. The van der Waals surface area contributed by atoms with Gasteiger partial charge in [-0.15, -0.1) is 0 Å². The summed E-state index contributed by atoms with van der Waals surface area (Å²) in [6.45, 7) is 4.03. The van der Waals surface area contributed by atoms with Crippen LogP contribution in [0.1, 0.15) is 12.1 Å². The first-order chi connectivity index (χ1) is 9.74. The van der Waals surface area contributed by atoms with Crippen molar-refractivity contribution in [1.82, 2.24) is 10.3 Å². The Balaban J connectivity index is 1.90. The Morgan fingerprint density at radius 1 is 1.30 bits per heavy atom. The van der Waals surface area contributed by atoms with E-state index in [2.05, 4.69) is 33.4 Å². The van der Waals surface area contributed by atoms with Gasteiger partial charge in [0.1, 0.15) is 0 Å². The summed E-state index contributed by atoms with van der Waals surface area (Å²) >= 11 is 0. The maximum absolute atomic E-state index is 10.7. The van der Waals surface area contributed by atoms with E-state index in [9.17, 15) is 4.79 Å². The smallest absolute Gasteiger partial charge is 0.303 e. The third-order valence-corrected chi connectivity index (χ3v) is 3.76. The largest absolute Gasteiger partial charge is 0.481 e. The van der Waals surface area contributed by atoms with E-state index in [0.29, 0.717) is 6.42 Å². The van der Waals surface area contributed by atoms with E-state index in [4.69, 9.17) is 5.11 Å². The lowest BCUT2D eigenvalue weighted by Gasteiger charge is -2.30. The van der Waals surface area contributed by atoms with E-state index in [1.165, 1.54) is 11.1 Å². The number of fused-ring (bicyclic) bond motifs is 1. The highest BCUT2D eigenvalue weighted by molar-refractivity contribution is 5.93. The fourth-order valence-corrected chi connectivity index (χ4v) is 2.75. The predicted octanol–water partition coefficient (Wildman–Crippen LogP) is 1.59. The van der Waals surface area contributed by atoms with E-state index in [-0.39, 0.29) is 6.42 Å². The van der Waals surface area contributed by atoms with Crippen molar-refractivity contribution in [3.05, 3.63) is 30.0 Å². The molecular formula is C15H19N3O2. The zero-order chi connectivity index (χ0) is 13.9. The van der Waals surface area contributed by atoms with Gasteiger partial charge in [0.25, 0.3) is 0 Å². The monoisotopic (exact) mass is 273 g/mol. The first kappa shape index (κ1) is 13.0. The van der Waals surface area contributed by atoms with Crippen LogP contribution in [0.25, 0.3) is 10.9 Å². The number of H-pyrrole nitrogens is 1. The van der Waals surface area contributed by atoms with Crippen LogP contribution in [0.4, 0.5) is 5.69 Å². The van der Waals surface area contributed by atoms with Crippen LogP contribution in [0.3, 0.4) is 0 Å². The summed E-state index contributed by atoms with van der Waals surface area (Å²) < 4.78 is 0. The number of aromatic nitrogens is 1. The summed E-state index contributed by atoms with van der Waals surface area (Å²) in [4.78, 5) is 16.4. The molecule has 0 spiro atoms. The highest BCUT2D eigenvalue weighted by Gasteiger charge is 2.14. The molecule has 1 aliphatic rings. The Bertz CT molecular complexity index is 615. The number of piperazine rings is 1. The van der Waals surface area contributed by atoms with E-state index in [1.807, 2.05) is 6.07 Å². The number of aliphatic carboxylic acids is 1. The van der Waals surface area contributed by atoms with Gasteiger partial charge in [-0.25, -0.2) is 0 Å². The summed E-state index contributed by atoms with van der Waals surface area (Å²) in [7, 11) is 0. The predicted molar refractivity (Wildman–Crippen MR) is 79.3 cm³/mol. The van der Waals surface area contributed by atoms with Crippen molar-refractivity contribution in [2.75, 3.05) is 31.1 Å². The fourth-order valence-electron chi connectivity index (χ4n) is 2.75. The molecule has 20 heavy (non-hydrogen) atoms. The number of carbonyl (C=O) groups is 1. The zero-order valence-electron chi connectivity index (χ0n) is 11.4. The van der Waals surface area contributed by atoms with Crippen molar-refractivity contribution in [2.45, 2.75) is 12.8 Å². The number of nitrogens with one attached hydrogen (secondary N) is 2. The molecule has 1 aromatic heterocycles. The Kier molecular flexibility index (Phi) is 3.60. The molecule has 3 rings (SSSR count). The summed E-state index contributed by atoms with van der Waals surface area (Å²) in [6.07, 6.45) is 0.709. The number of nitrogens with zero attached hydrogens (tertiary/aromatic N) is 1. The van der Waals surface area contributed by atoms with Gasteiger partial charge in [0, 0.05) is 48.5 Å². The Labute approximate surface area is 117 Å². The maximum Gasteiger partial charge on any atom is 0.303 e. The minimum absolute atomic E-state index is 0.162. The van der Waals surface area contributed by atoms with Gasteiger partial charge in [-0.2, -0.15) is 0 Å². The third kappa shape index (κ3) is 2.63. The first-order valence-electron chi connectivity index (χ1n) is 7.02. The van der Waals surface area contributed by atoms with Crippen LogP contribution >= 0.6 is 0 Å². The lowest BCUT2D eigenvalue weighted by Crippen LogP contribution is -2.43. The number of benzene rings is 1. The van der Waals surface area contributed by atoms with Gasteiger partial charge < -0.3 is 20.3 Å². The summed E-state index contributed by atoms with van der Waals surface area (Å²) in [5.41, 5.74) is 3.31. The number of hydrogen-bond donors (Lipinski definition) is 3. The highest BCUT2D eigenvalue weighted by atomic mass is 16.4. The molecule has 1 fully saturated rings. The van der Waals surface area contributed by atoms with Crippen LogP contribution in [0.2, 0.25) is 0 Å². The van der Waals surface area contributed by atoms with E-state index in [1.54, 1.807) is 0 Å². The van der Waals surface area contributed by atoms with Crippen molar-refractivity contribution in [3.8, 4) is 0 Å². The molecule has 0 bridgehead atoms. The zero-order valence-corrected chi connectivity index (χ0v) is 11.4. The second-order valence-corrected chi connectivity index (χ2v) is 5.16. The number of anilines is 1. The fraction of sp³-hybridized carbons (Fsp3) is 0.400. The van der Waals surface area contributed by atoms with E-state index < -0.39 is 5.97 Å². The minimum atomic E-state index is -0.758. The molecule has 1 aromatic carbocycles. The number of aryl methyl sites for hydroxylation is 1. The molecule has 1 aliphatic heterocycles. The minimum Gasteiger partial charge on any atom is -0.481 e. The second kappa shape index (κ2) is 5.54. The van der Waals surface area contributed by atoms with Gasteiger partial charge in [0.15, 0.2) is 0 Å². The lowest BCUT2D eigenvalue weighted by molar-refractivity contribution is -0.136. The molecule has 0 amide bonds. The van der Waals surface area contributed by atoms with Crippen molar-refractivity contribution < 1.29 is 9.90 Å². The van der Waals surface area contributed by atoms with Crippen LogP contribution in [-0.4, -0.2) is 42.2 Å². The molecule has 1 saturated heterocycles. The van der Waals surface area contributed by atoms with Crippen molar-refractivity contribution in [1.29, 1.82) is 0 Å². The summed E-state index contributed by atoms with van der Waals surface area (Å²) in [5, 5.41) is 13.3. The number of hydrogen-bond acceptors (Lipinski definition) is 3. The molecule has 106 valence electrons. The number of rotatable bonds is 4. The van der Waals surface area contributed by atoms with Crippen LogP contribution in [-0.2, 0) is 11.2 Å². The van der Waals surface area contributed by atoms with E-state index in [0.717, 1.165) is 37.4 Å². The van der Waals surface area contributed by atoms with Crippen LogP contribution in [0.15, 0.2) is 24.3 Å². The Morgan fingerprint density at radius 2 is 2.10 bits per heavy atom. The van der Waals surface area contributed by atoms with Gasteiger partial charge in [0.2, 0.25) is 0 Å². The number of carboxylic acids is 1. The topological polar surface area (TPSA) is 68.4 Å². The average molecular weight is 273 g/mol. The molecular weight excluding hydrogens is 254 g/mol. The Hall–Kier alpha value is -2.01. The molecule has 0 unspecified atom stereocenters. The average Bonchev–Trinajstić information content (AvgIpc) is 2.89. The number of aromatic amines is 1. The molecule has 5 nitrogen and oxygen atoms in total. The molecule has 0 aliphatic carbocycles. The van der Waals surface area contributed by atoms with Crippen LogP contribution in [0.5, 0.6) is 0 Å². The van der Waals surface area contributed by atoms with Gasteiger partial charge in [-0.1, -0.05) is 6.07 Å².